The van der Waals surface area contributed by atoms with Crippen molar-refractivity contribution in [3.8, 4) is 0 Å². The smallest absolute Gasteiger partial charge is 0.195 e. The van der Waals surface area contributed by atoms with Gasteiger partial charge in [0, 0.05) is 17.0 Å². The first-order valence-corrected chi connectivity index (χ1v) is 6.86. The maximum absolute atomic E-state index is 5.86. The van der Waals surface area contributed by atoms with Gasteiger partial charge in [0.25, 0.3) is 0 Å². The van der Waals surface area contributed by atoms with Crippen molar-refractivity contribution in [1.82, 2.24) is 14.6 Å². The van der Waals surface area contributed by atoms with Crippen LogP contribution in [0.3, 0.4) is 0 Å². The molecule has 0 saturated heterocycles. The highest BCUT2D eigenvalue weighted by atomic mass is 35.5. The third-order valence-corrected chi connectivity index (χ3v) is 3.83. The topological polar surface area (TPSA) is 30.2 Å². The molecule has 90 valence electrons. The standard InChI is InChI=1S/C13H10ClN3S/c14-11-6-4-10(5-7-11)9-18-13-16-15-12-3-1-2-8-17(12)13/h1-8H,9H2. The SMILES string of the molecule is Clc1ccc(CSc2nnc3ccccn23)cc1. The number of hydrogen-bond acceptors (Lipinski definition) is 3. The quantitative estimate of drug-likeness (QED) is 0.683. The number of halogens is 1. The van der Waals surface area contributed by atoms with E-state index < -0.39 is 0 Å². The van der Waals surface area contributed by atoms with Gasteiger partial charge in [-0.05, 0) is 29.8 Å². The second-order valence-corrected chi connectivity index (χ2v) is 5.21. The van der Waals surface area contributed by atoms with Gasteiger partial charge in [0.05, 0.1) is 0 Å². The van der Waals surface area contributed by atoms with Crippen LogP contribution in [0.4, 0.5) is 0 Å². The molecule has 18 heavy (non-hydrogen) atoms. The molecule has 5 heteroatoms. The van der Waals surface area contributed by atoms with Crippen molar-refractivity contribution >= 4 is 29.0 Å². The van der Waals surface area contributed by atoms with Crippen molar-refractivity contribution < 1.29 is 0 Å². The molecule has 0 aliphatic rings. The number of benzene rings is 1. The lowest BCUT2D eigenvalue weighted by atomic mass is 10.2. The maximum atomic E-state index is 5.86. The minimum absolute atomic E-state index is 0.761. The molecule has 0 N–H and O–H groups in total. The Kier molecular flexibility index (Phi) is 3.21. The first-order chi connectivity index (χ1) is 8.83. The fraction of sp³-hybridized carbons (Fsp3) is 0.0769. The first kappa shape index (κ1) is 11.6. The van der Waals surface area contributed by atoms with Crippen molar-refractivity contribution in [3.05, 3.63) is 59.2 Å². The minimum Gasteiger partial charge on any atom is -0.277 e. The van der Waals surface area contributed by atoms with Crippen molar-refractivity contribution in [2.45, 2.75) is 10.9 Å². The highest BCUT2D eigenvalue weighted by molar-refractivity contribution is 7.98. The molecule has 3 rings (SSSR count). The molecule has 3 nitrogen and oxygen atoms in total. The zero-order valence-electron chi connectivity index (χ0n) is 9.45. The van der Waals surface area contributed by atoms with Crippen molar-refractivity contribution in [2.75, 3.05) is 0 Å². The number of nitrogens with zero attached hydrogens (tertiary/aromatic N) is 3. The van der Waals surface area contributed by atoms with E-state index in [0.29, 0.717) is 0 Å². The normalized spacial score (nSPS) is 10.9. The zero-order valence-corrected chi connectivity index (χ0v) is 11.0. The highest BCUT2D eigenvalue weighted by Gasteiger charge is 2.05. The minimum atomic E-state index is 0.761. The summed E-state index contributed by atoms with van der Waals surface area (Å²) in [6, 6.07) is 13.7. The molecule has 0 radical (unpaired) electrons. The van der Waals surface area contributed by atoms with E-state index in [9.17, 15) is 0 Å². The molecule has 2 aromatic heterocycles. The van der Waals surface area contributed by atoms with Gasteiger partial charge in [-0.3, -0.25) is 4.40 Å². The van der Waals surface area contributed by atoms with Gasteiger partial charge < -0.3 is 0 Å². The van der Waals surface area contributed by atoms with Crippen LogP contribution < -0.4 is 0 Å². The van der Waals surface area contributed by atoms with E-state index in [4.69, 9.17) is 11.6 Å². The van der Waals surface area contributed by atoms with Gasteiger partial charge in [-0.15, -0.1) is 10.2 Å². The Balaban J connectivity index is 1.79. The fourth-order valence-corrected chi connectivity index (χ4v) is 2.65. The highest BCUT2D eigenvalue weighted by Crippen LogP contribution is 2.22. The van der Waals surface area contributed by atoms with E-state index in [1.807, 2.05) is 53.1 Å². The zero-order chi connectivity index (χ0) is 12.4. The lowest BCUT2D eigenvalue weighted by molar-refractivity contribution is 0.921. The largest absolute Gasteiger partial charge is 0.277 e. The van der Waals surface area contributed by atoms with Gasteiger partial charge in [0.15, 0.2) is 10.8 Å². The molecule has 0 spiro atoms. The molecule has 0 unspecified atom stereocenters. The molecule has 0 aliphatic heterocycles. The molecule has 0 amide bonds. The van der Waals surface area contributed by atoms with Gasteiger partial charge >= 0.3 is 0 Å². The molecule has 0 fully saturated rings. The van der Waals surface area contributed by atoms with Gasteiger partial charge in [-0.2, -0.15) is 0 Å². The van der Waals surface area contributed by atoms with Crippen LogP contribution in [0.2, 0.25) is 5.02 Å². The summed E-state index contributed by atoms with van der Waals surface area (Å²) in [5.74, 6) is 0.854. The molecular weight excluding hydrogens is 266 g/mol. The summed E-state index contributed by atoms with van der Waals surface area (Å²) in [4.78, 5) is 0. The summed E-state index contributed by atoms with van der Waals surface area (Å²) in [7, 11) is 0. The molecular formula is C13H10ClN3S. The van der Waals surface area contributed by atoms with Gasteiger partial charge in [-0.1, -0.05) is 41.6 Å². The average molecular weight is 276 g/mol. The van der Waals surface area contributed by atoms with Crippen LogP contribution in [0.15, 0.2) is 53.8 Å². The lowest BCUT2D eigenvalue weighted by Gasteiger charge is -2.00. The lowest BCUT2D eigenvalue weighted by Crippen LogP contribution is -1.87. The van der Waals surface area contributed by atoms with E-state index in [2.05, 4.69) is 10.2 Å². The molecule has 0 aliphatic carbocycles. The van der Waals surface area contributed by atoms with Crippen LogP contribution in [0.25, 0.3) is 5.65 Å². The molecule has 2 heterocycles. The van der Waals surface area contributed by atoms with Crippen LogP contribution in [-0.4, -0.2) is 14.6 Å². The van der Waals surface area contributed by atoms with Crippen molar-refractivity contribution in [3.63, 3.8) is 0 Å². The van der Waals surface area contributed by atoms with E-state index >= 15 is 0 Å². The molecule has 0 atom stereocenters. The Hall–Kier alpha value is -1.52. The monoisotopic (exact) mass is 275 g/mol. The number of pyridine rings is 1. The van der Waals surface area contributed by atoms with Crippen LogP contribution in [0.1, 0.15) is 5.56 Å². The van der Waals surface area contributed by atoms with E-state index in [0.717, 1.165) is 21.6 Å². The summed E-state index contributed by atoms with van der Waals surface area (Å²) in [5.41, 5.74) is 2.09. The summed E-state index contributed by atoms with van der Waals surface area (Å²) < 4.78 is 1.99. The van der Waals surface area contributed by atoms with Crippen LogP contribution in [-0.2, 0) is 5.75 Å². The van der Waals surface area contributed by atoms with Crippen LogP contribution >= 0.6 is 23.4 Å². The Labute approximate surface area is 114 Å². The fourth-order valence-electron chi connectivity index (χ4n) is 1.65. The molecule has 0 bridgehead atoms. The van der Waals surface area contributed by atoms with Gasteiger partial charge in [0.1, 0.15) is 0 Å². The predicted octanol–water partition coefficient (Wildman–Crippen LogP) is 3.68. The van der Waals surface area contributed by atoms with Crippen LogP contribution in [0.5, 0.6) is 0 Å². The van der Waals surface area contributed by atoms with E-state index in [1.165, 1.54) is 5.56 Å². The number of aromatic nitrogens is 3. The van der Waals surface area contributed by atoms with Crippen molar-refractivity contribution in [2.24, 2.45) is 0 Å². The third-order valence-electron chi connectivity index (χ3n) is 2.56. The number of rotatable bonds is 3. The summed E-state index contributed by atoms with van der Waals surface area (Å²) in [5, 5.41) is 9.96. The van der Waals surface area contributed by atoms with Gasteiger partial charge in [-0.25, -0.2) is 0 Å². The number of hydrogen-bond donors (Lipinski definition) is 0. The Morgan fingerprint density at radius 1 is 1.06 bits per heavy atom. The van der Waals surface area contributed by atoms with Gasteiger partial charge in [0.2, 0.25) is 0 Å². The molecule has 0 saturated carbocycles. The number of thioether (sulfide) groups is 1. The average Bonchev–Trinajstić information content (AvgIpc) is 2.82. The Morgan fingerprint density at radius 2 is 1.89 bits per heavy atom. The van der Waals surface area contributed by atoms with Crippen molar-refractivity contribution in [1.29, 1.82) is 0 Å². The van der Waals surface area contributed by atoms with E-state index in [1.54, 1.807) is 11.8 Å². The predicted molar refractivity (Wildman–Crippen MR) is 74.0 cm³/mol. The molecule has 1 aromatic carbocycles. The summed E-state index contributed by atoms with van der Waals surface area (Å²) in [6.45, 7) is 0. The summed E-state index contributed by atoms with van der Waals surface area (Å²) >= 11 is 7.52. The number of fused-ring (bicyclic) bond motifs is 1. The maximum Gasteiger partial charge on any atom is 0.195 e. The Bertz CT molecular complexity index is 663. The Morgan fingerprint density at radius 3 is 2.72 bits per heavy atom. The second kappa shape index (κ2) is 5.00. The third kappa shape index (κ3) is 2.35. The molecule has 3 aromatic rings. The summed E-state index contributed by atoms with van der Waals surface area (Å²) in [6.07, 6.45) is 1.97. The van der Waals surface area contributed by atoms with E-state index in [-0.39, 0.29) is 0 Å². The van der Waals surface area contributed by atoms with Crippen LogP contribution in [0, 0.1) is 0 Å². The first-order valence-electron chi connectivity index (χ1n) is 5.50. The second-order valence-electron chi connectivity index (χ2n) is 3.83.